The van der Waals surface area contributed by atoms with Gasteiger partial charge in [-0.1, -0.05) is 0 Å². The first-order chi connectivity index (χ1) is 5.55. The van der Waals surface area contributed by atoms with Gasteiger partial charge in [0.25, 0.3) is 0 Å². The summed E-state index contributed by atoms with van der Waals surface area (Å²) in [6, 6.07) is 7.30. The molecule has 0 aromatic heterocycles. The van der Waals surface area contributed by atoms with Crippen LogP contribution in [0, 0.1) is 0 Å². The molecule has 0 aliphatic heterocycles. The maximum absolute atomic E-state index is 5.90. The van der Waals surface area contributed by atoms with Gasteiger partial charge < -0.3 is 0 Å². The standard InChI is InChI=1S/C7H7O.3ClH.Sn/c1-8-7-5-3-2-4-6-7;;;;/h2-5H,1H3;3*1H;/q;;;;+3/p-3. The van der Waals surface area contributed by atoms with Gasteiger partial charge in [0.15, 0.2) is 0 Å². The predicted octanol–water partition coefficient (Wildman–Crippen LogP) is 2.56. The van der Waals surface area contributed by atoms with Crippen molar-refractivity contribution in [1.29, 1.82) is 0 Å². The number of benzene rings is 1. The molecular formula is C7H7Cl3OSn. The quantitative estimate of drug-likeness (QED) is 0.757. The number of para-hydroxylation sites is 1. The molecule has 1 nitrogen and oxygen atoms in total. The van der Waals surface area contributed by atoms with E-state index >= 15 is 0 Å². The summed E-state index contributed by atoms with van der Waals surface area (Å²) in [4.78, 5) is 0. The van der Waals surface area contributed by atoms with Crippen molar-refractivity contribution in [3.63, 3.8) is 0 Å². The zero-order valence-electron chi connectivity index (χ0n) is 6.35. The molecule has 1 aromatic carbocycles. The fourth-order valence-electron chi connectivity index (χ4n) is 0.879. The molecule has 0 unspecified atom stereocenters. The van der Waals surface area contributed by atoms with Crippen LogP contribution in [0.1, 0.15) is 0 Å². The predicted molar refractivity (Wildman–Crippen MR) is 55.9 cm³/mol. The molecule has 0 spiro atoms. The molecule has 0 heterocycles. The van der Waals surface area contributed by atoms with Gasteiger partial charge in [-0.3, -0.25) is 0 Å². The van der Waals surface area contributed by atoms with E-state index in [1.54, 1.807) is 13.2 Å². The van der Waals surface area contributed by atoms with Crippen LogP contribution in [0.25, 0.3) is 0 Å². The summed E-state index contributed by atoms with van der Waals surface area (Å²) in [5.74, 6) is 0.674. The molecule has 0 N–H and O–H groups in total. The summed E-state index contributed by atoms with van der Waals surface area (Å²) < 4.78 is 5.83. The summed E-state index contributed by atoms with van der Waals surface area (Å²) in [6.07, 6.45) is 0. The van der Waals surface area contributed by atoms with Crippen molar-refractivity contribution in [2.45, 2.75) is 0 Å². The number of ether oxygens (including phenoxy) is 1. The van der Waals surface area contributed by atoms with Gasteiger partial charge in [0, 0.05) is 0 Å². The van der Waals surface area contributed by atoms with Gasteiger partial charge >= 0.3 is 87.2 Å². The molecule has 0 amide bonds. The Morgan fingerprint density at radius 2 is 1.75 bits per heavy atom. The van der Waals surface area contributed by atoms with Crippen LogP contribution in [0.5, 0.6) is 5.75 Å². The van der Waals surface area contributed by atoms with E-state index < -0.39 is 15.0 Å². The zero-order valence-corrected chi connectivity index (χ0v) is 11.5. The number of halogens is 3. The summed E-state index contributed by atoms with van der Waals surface area (Å²) in [6.45, 7) is 0. The molecule has 0 bridgehead atoms. The molecule has 0 fully saturated rings. The SMILES string of the molecule is COc1cccc[c]1[Sn]([Cl])([Cl])[Cl]. The average molecular weight is 332 g/mol. The summed E-state index contributed by atoms with van der Waals surface area (Å²) in [7, 11) is 19.3. The second-order valence-corrected chi connectivity index (χ2v) is 21.9. The van der Waals surface area contributed by atoms with Crippen LogP contribution < -0.4 is 8.32 Å². The average Bonchev–Trinajstić information content (AvgIpc) is 2.03. The molecule has 1 rings (SSSR count). The van der Waals surface area contributed by atoms with Crippen LogP contribution in [-0.4, -0.2) is 22.1 Å². The van der Waals surface area contributed by atoms with Crippen LogP contribution >= 0.6 is 26.8 Å². The van der Waals surface area contributed by atoms with Crippen LogP contribution in [0.15, 0.2) is 24.3 Å². The first-order valence-electron chi connectivity index (χ1n) is 3.26. The second-order valence-electron chi connectivity index (χ2n) is 2.20. The van der Waals surface area contributed by atoms with Gasteiger partial charge in [-0.25, -0.2) is 0 Å². The van der Waals surface area contributed by atoms with Crippen molar-refractivity contribution in [1.82, 2.24) is 0 Å². The molecule has 0 aliphatic rings. The van der Waals surface area contributed by atoms with Gasteiger partial charge in [0.05, 0.1) is 0 Å². The Hall–Kier alpha value is 0.689. The van der Waals surface area contributed by atoms with Crippen LogP contribution in [0.2, 0.25) is 0 Å². The normalized spacial score (nSPS) is 11.3. The molecule has 5 heteroatoms. The fraction of sp³-hybridized carbons (Fsp3) is 0.143. The Bertz CT molecular complexity index is 272. The molecule has 0 aliphatic carbocycles. The van der Waals surface area contributed by atoms with Crippen molar-refractivity contribution >= 4 is 45.3 Å². The van der Waals surface area contributed by atoms with Crippen LogP contribution in [0.4, 0.5) is 0 Å². The molecular weight excluding hydrogens is 325 g/mol. The van der Waals surface area contributed by atoms with E-state index in [1.165, 1.54) is 0 Å². The third-order valence-corrected chi connectivity index (χ3v) is 8.43. The van der Waals surface area contributed by atoms with Crippen LogP contribution in [0.3, 0.4) is 0 Å². The molecule has 1 aromatic rings. The first kappa shape index (κ1) is 10.8. The summed E-state index contributed by atoms with van der Waals surface area (Å²) in [5.41, 5.74) is 0. The van der Waals surface area contributed by atoms with Crippen molar-refractivity contribution < 1.29 is 4.74 Å². The van der Waals surface area contributed by atoms with Gasteiger partial charge in [0.2, 0.25) is 0 Å². The third kappa shape index (κ3) is 2.59. The molecule has 0 atom stereocenters. The van der Waals surface area contributed by atoms with Crippen molar-refractivity contribution in [3.05, 3.63) is 24.3 Å². The Morgan fingerprint density at radius 1 is 1.17 bits per heavy atom. The van der Waals surface area contributed by atoms with E-state index in [0.717, 1.165) is 3.58 Å². The zero-order chi connectivity index (χ0) is 9.19. The van der Waals surface area contributed by atoms with Gasteiger partial charge in [-0.05, 0) is 0 Å². The molecule has 66 valence electrons. The van der Waals surface area contributed by atoms with E-state index in [2.05, 4.69) is 0 Å². The minimum absolute atomic E-state index is 0.674. The van der Waals surface area contributed by atoms with Gasteiger partial charge in [-0.2, -0.15) is 0 Å². The van der Waals surface area contributed by atoms with E-state index in [-0.39, 0.29) is 0 Å². The maximum atomic E-state index is 5.90. The van der Waals surface area contributed by atoms with E-state index in [1.807, 2.05) is 18.2 Å². The van der Waals surface area contributed by atoms with E-state index in [9.17, 15) is 0 Å². The minimum atomic E-state index is -3.52. The van der Waals surface area contributed by atoms with Gasteiger partial charge in [-0.15, -0.1) is 0 Å². The van der Waals surface area contributed by atoms with Gasteiger partial charge in [0.1, 0.15) is 0 Å². The Balaban J connectivity index is 3.14. The van der Waals surface area contributed by atoms with Crippen molar-refractivity contribution in [2.24, 2.45) is 0 Å². The van der Waals surface area contributed by atoms with E-state index in [4.69, 9.17) is 31.5 Å². The van der Waals surface area contributed by atoms with Crippen LogP contribution in [-0.2, 0) is 0 Å². The van der Waals surface area contributed by atoms with E-state index in [0.29, 0.717) is 5.75 Å². The summed E-state index contributed by atoms with van der Waals surface area (Å²) in [5, 5.41) is 0. The molecule has 12 heavy (non-hydrogen) atoms. The molecule has 0 saturated carbocycles. The number of hydrogen-bond donors (Lipinski definition) is 0. The number of rotatable bonds is 2. The monoisotopic (exact) mass is 332 g/mol. The Morgan fingerprint density at radius 3 is 2.17 bits per heavy atom. The van der Waals surface area contributed by atoms with Crippen molar-refractivity contribution in [2.75, 3.05) is 7.11 Å². The fourth-order valence-corrected chi connectivity index (χ4v) is 6.16. The molecule has 0 saturated heterocycles. The first-order valence-corrected chi connectivity index (χ1v) is 15.5. The van der Waals surface area contributed by atoms with Crippen molar-refractivity contribution in [3.8, 4) is 5.75 Å². The number of methoxy groups -OCH3 is 1. The Kier molecular flexibility index (Phi) is 3.83. The molecule has 0 radical (unpaired) electrons. The Labute approximate surface area is 86.6 Å². The third-order valence-electron chi connectivity index (χ3n) is 1.41. The topological polar surface area (TPSA) is 9.23 Å². The number of hydrogen-bond acceptors (Lipinski definition) is 1. The second kappa shape index (κ2) is 4.27. The summed E-state index contributed by atoms with van der Waals surface area (Å²) >= 11 is -3.52.